The van der Waals surface area contributed by atoms with E-state index in [2.05, 4.69) is 19.9 Å². The van der Waals surface area contributed by atoms with E-state index >= 15 is 0 Å². The maximum atomic E-state index is 12.3. The Bertz CT molecular complexity index is 1260. The zero-order valence-electron chi connectivity index (χ0n) is 13.5. The number of aryl methyl sites for hydroxylation is 1. The molecule has 0 spiro atoms. The molecule has 0 saturated heterocycles. The molecule has 4 aromatic heterocycles. The fourth-order valence-corrected chi connectivity index (χ4v) is 3.44. The van der Waals surface area contributed by atoms with E-state index in [1.165, 1.54) is 0 Å². The Hall–Kier alpha value is -3.22. The fourth-order valence-electron chi connectivity index (χ4n) is 3.44. The first kappa shape index (κ1) is 14.2. The van der Waals surface area contributed by atoms with Crippen molar-refractivity contribution < 1.29 is 0 Å². The van der Waals surface area contributed by atoms with Crippen molar-refractivity contribution in [2.24, 2.45) is 7.05 Å². The Morgan fingerprint density at radius 3 is 2.88 bits per heavy atom. The second-order valence-corrected chi connectivity index (χ2v) is 6.53. The van der Waals surface area contributed by atoms with Gasteiger partial charge in [0.25, 0.3) is 5.56 Å². The summed E-state index contributed by atoms with van der Waals surface area (Å²) in [6.45, 7) is 0. The molecule has 0 aromatic carbocycles. The third-order valence-corrected chi connectivity index (χ3v) is 4.76. The van der Waals surface area contributed by atoms with E-state index in [0.29, 0.717) is 11.4 Å². The first-order valence-corrected chi connectivity index (χ1v) is 8.19. The van der Waals surface area contributed by atoms with Crippen LogP contribution in [0.15, 0.2) is 40.2 Å². The summed E-state index contributed by atoms with van der Waals surface area (Å²) in [6.07, 6.45) is 5.85. The Balaban J connectivity index is 1.88. The molecule has 7 nitrogen and oxygen atoms in total. The molecule has 1 aliphatic carbocycles. The molecule has 25 heavy (non-hydrogen) atoms. The normalized spacial score (nSPS) is 14.4. The van der Waals surface area contributed by atoms with Crippen LogP contribution in [0, 0.1) is 0 Å². The van der Waals surface area contributed by atoms with Gasteiger partial charge in [0.15, 0.2) is 5.52 Å². The Labute approximate surface area is 141 Å². The first-order chi connectivity index (χ1) is 12.1. The van der Waals surface area contributed by atoms with Crippen molar-refractivity contribution in [1.82, 2.24) is 24.5 Å². The maximum absolute atomic E-state index is 12.3. The minimum Gasteiger partial charge on any atom is -0.335 e. The largest absolute Gasteiger partial charge is 0.335 e. The average Bonchev–Trinajstić information content (AvgIpc) is 3.39. The van der Waals surface area contributed by atoms with Gasteiger partial charge in [-0.1, -0.05) is 0 Å². The Morgan fingerprint density at radius 2 is 2.08 bits per heavy atom. The van der Waals surface area contributed by atoms with Crippen LogP contribution in [0.5, 0.6) is 0 Å². The van der Waals surface area contributed by atoms with Crippen molar-refractivity contribution in [3.63, 3.8) is 0 Å². The van der Waals surface area contributed by atoms with E-state index in [-0.39, 0.29) is 5.52 Å². The van der Waals surface area contributed by atoms with Gasteiger partial charge in [-0.15, -0.1) is 0 Å². The van der Waals surface area contributed by atoms with Crippen LogP contribution < -0.4 is 11.2 Å². The van der Waals surface area contributed by atoms with E-state index < -0.39 is 11.2 Å². The van der Waals surface area contributed by atoms with Crippen LogP contribution in [-0.4, -0.2) is 24.5 Å². The predicted molar refractivity (Wildman–Crippen MR) is 94.7 cm³/mol. The summed E-state index contributed by atoms with van der Waals surface area (Å²) in [6, 6.07) is 5.88. The number of aromatic amines is 2. The molecule has 7 heteroatoms. The summed E-state index contributed by atoms with van der Waals surface area (Å²) in [5, 5.41) is 0.986. The third-order valence-electron chi connectivity index (χ3n) is 4.76. The van der Waals surface area contributed by atoms with E-state index in [1.807, 2.05) is 36.0 Å². The molecular weight excluding hydrogens is 318 g/mol. The molecule has 1 aliphatic rings. The van der Waals surface area contributed by atoms with Crippen LogP contribution in [-0.2, 0) is 7.05 Å². The summed E-state index contributed by atoms with van der Waals surface area (Å²) < 4.78 is 1.95. The van der Waals surface area contributed by atoms with Gasteiger partial charge in [0.1, 0.15) is 5.65 Å². The molecule has 4 heterocycles. The van der Waals surface area contributed by atoms with Gasteiger partial charge in [0, 0.05) is 30.4 Å². The highest BCUT2D eigenvalue weighted by molar-refractivity contribution is 5.94. The number of nitrogens with one attached hydrogen (secondary N) is 2. The predicted octanol–water partition coefficient (Wildman–Crippen LogP) is 2.04. The zero-order valence-corrected chi connectivity index (χ0v) is 13.5. The Kier molecular flexibility index (Phi) is 2.77. The van der Waals surface area contributed by atoms with Gasteiger partial charge in [-0.05, 0) is 42.5 Å². The molecule has 0 radical (unpaired) electrons. The number of hydrogen-bond donors (Lipinski definition) is 2. The van der Waals surface area contributed by atoms with Crippen molar-refractivity contribution in [2.75, 3.05) is 0 Å². The molecule has 0 amide bonds. The molecule has 2 N–H and O–H groups in total. The highest BCUT2D eigenvalue weighted by Gasteiger charge is 2.28. The van der Waals surface area contributed by atoms with Crippen molar-refractivity contribution in [3.05, 3.63) is 57.0 Å². The number of H-pyrrole nitrogens is 2. The van der Waals surface area contributed by atoms with Crippen LogP contribution in [0.1, 0.15) is 24.3 Å². The number of hydrogen-bond acceptors (Lipinski definition) is 4. The quantitative estimate of drug-likeness (QED) is 0.587. The maximum Gasteiger partial charge on any atom is 0.326 e. The summed E-state index contributed by atoms with van der Waals surface area (Å²) in [5.41, 5.74) is 3.39. The number of pyridine rings is 2. The fraction of sp³-hybridized carbons (Fsp3) is 0.222. The molecule has 0 atom stereocenters. The van der Waals surface area contributed by atoms with E-state index in [9.17, 15) is 9.59 Å². The van der Waals surface area contributed by atoms with Gasteiger partial charge >= 0.3 is 5.69 Å². The highest BCUT2D eigenvalue weighted by atomic mass is 16.2. The van der Waals surface area contributed by atoms with Gasteiger partial charge in [0.2, 0.25) is 0 Å². The molecule has 5 rings (SSSR count). The number of aromatic nitrogens is 5. The van der Waals surface area contributed by atoms with Crippen LogP contribution in [0.25, 0.3) is 33.3 Å². The van der Waals surface area contributed by atoms with Crippen molar-refractivity contribution >= 4 is 22.1 Å². The monoisotopic (exact) mass is 333 g/mol. The lowest BCUT2D eigenvalue weighted by molar-refractivity contribution is 0.948. The minimum absolute atomic E-state index is 0.278. The van der Waals surface area contributed by atoms with Crippen LogP contribution >= 0.6 is 0 Å². The molecule has 0 aliphatic heterocycles. The standard InChI is InChI=1S/C18H15N5O2/c1-23-8-12(10-3-2-6-19-16(10)23)13-7-11(9-4-5-9)14-15(20-13)17(24)22-18(25)21-14/h2-3,6-9H,4-5H2,1H3,(H2,21,22,24,25). The molecule has 1 saturated carbocycles. The smallest absolute Gasteiger partial charge is 0.326 e. The van der Waals surface area contributed by atoms with Crippen LogP contribution in [0.4, 0.5) is 0 Å². The third kappa shape index (κ3) is 2.12. The van der Waals surface area contributed by atoms with Gasteiger partial charge < -0.3 is 9.55 Å². The first-order valence-electron chi connectivity index (χ1n) is 8.19. The highest BCUT2D eigenvalue weighted by Crippen LogP contribution is 2.43. The van der Waals surface area contributed by atoms with E-state index in [1.54, 1.807) is 6.20 Å². The van der Waals surface area contributed by atoms with Crippen molar-refractivity contribution in [1.29, 1.82) is 0 Å². The lowest BCUT2D eigenvalue weighted by Gasteiger charge is -2.07. The second kappa shape index (κ2) is 4.89. The summed E-state index contributed by atoms with van der Waals surface area (Å²) in [4.78, 5) is 38.0. The van der Waals surface area contributed by atoms with Crippen molar-refractivity contribution in [2.45, 2.75) is 18.8 Å². The molecule has 0 bridgehead atoms. The summed E-state index contributed by atoms with van der Waals surface area (Å²) in [5.74, 6) is 0.370. The molecule has 0 unspecified atom stereocenters. The van der Waals surface area contributed by atoms with E-state index in [4.69, 9.17) is 0 Å². The van der Waals surface area contributed by atoms with Gasteiger partial charge in [-0.2, -0.15) is 0 Å². The van der Waals surface area contributed by atoms with Crippen molar-refractivity contribution in [3.8, 4) is 11.3 Å². The van der Waals surface area contributed by atoms with E-state index in [0.717, 1.165) is 40.7 Å². The molecule has 1 fully saturated rings. The lowest BCUT2D eigenvalue weighted by Crippen LogP contribution is -2.23. The molecule has 4 aromatic rings. The molecule has 124 valence electrons. The number of fused-ring (bicyclic) bond motifs is 2. The Morgan fingerprint density at radius 1 is 1.24 bits per heavy atom. The van der Waals surface area contributed by atoms with Gasteiger partial charge in [0.05, 0.1) is 11.2 Å². The van der Waals surface area contributed by atoms with Gasteiger partial charge in [-0.25, -0.2) is 14.8 Å². The summed E-state index contributed by atoms with van der Waals surface area (Å²) in [7, 11) is 1.94. The van der Waals surface area contributed by atoms with Crippen LogP contribution in [0.3, 0.4) is 0 Å². The second-order valence-electron chi connectivity index (χ2n) is 6.53. The minimum atomic E-state index is -0.497. The summed E-state index contributed by atoms with van der Waals surface area (Å²) >= 11 is 0. The number of nitrogens with zero attached hydrogens (tertiary/aromatic N) is 3. The average molecular weight is 333 g/mol. The topological polar surface area (TPSA) is 96.4 Å². The van der Waals surface area contributed by atoms with Gasteiger partial charge in [-0.3, -0.25) is 9.78 Å². The SMILES string of the molecule is Cn1cc(-c2cc(C3CC3)c3[nH]c(=O)[nH]c(=O)c3n2)c2cccnc21. The zero-order chi connectivity index (χ0) is 17.1. The number of rotatable bonds is 2. The lowest BCUT2D eigenvalue weighted by atomic mass is 10.0. The van der Waals surface area contributed by atoms with Crippen LogP contribution in [0.2, 0.25) is 0 Å². The molecular formula is C18H15N5O2.